The Hall–Kier alpha value is -3.03. The molecule has 124 valence electrons. The zero-order chi connectivity index (χ0) is 16.8. The fraction of sp³-hybridized carbons (Fsp3) is 0.312. The van der Waals surface area contributed by atoms with E-state index in [1.807, 2.05) is 36.0 Å². The van der Waals surface area contributed by atoms with Crippen molar-refractivity contribution in [1.29, 1.82) is 0 Å². The average Bonchev–Trinajstić information content (AvgIpc) is 3.29. The fourth-order valence-electron chi connectivity index (χ4n) is 2.40. The molecule has 1 amide bonds. The summed E-state index contributed by atoms with van der Waals surface area (Å²) in [5.74, 6) is 0.554. The van der Waals surface area contributed by atoms with Gasteiger partial charge >= 0.3 is 0 Å². The van der Waals surface area contributed by atoms with Crippen LogP contribution in [0.1, 0.15) is 23.7 Å². The molecule has 0 spiro atoms. The van der Waals surface area contributed by atoms with E-state index >= 15 is 0 Å². The van der Waals surface area contributed by atoms with Gasteiger partial charge in [0.25, 0.3) is 5.91 Å². The summed E-state index contributed by atoms with van der Waals surface area (Å²) in [6.07, 6.45) is 4.47. The van der Waals surface area contributed by atoms with Crippen molar-refractivity contribution in [2.75, 3.05) is 6.54 Å². The van der Waals surface area contributed by atoms with Gasteiger partial charge in [-0.05, 0) is 42.0 Å². The highest BCUT2D eigenvalue weighted by Gasteiger charge is 2.11. The van der Waals surface area contributed by atoms with Crippen LogP contribution in [-0.2, 0) is 13.1 Å². The van der Waals surface area contributed by atoms with Gasteiger partial charge in [-0.2, -0.15) is 5.10 Å². The van der Waals surface area contributed by atoms with Gasteiger partial charge in [0.15, 0.2) is 5.82 Å². The minimum Gasteiger partial charge on any atom is -0.352 e. The molecule has 24 heavy (non-hydrogen) atoms. The number of nitrogens with one attached hydrogen (secondary N) is 1. The topological polar surface area (TPSA) is 90.5 Å². The van der Waals surface area contributed by atoms with Crippen LogP contribution in [0.3, 0.4) is 0 Å². The summed E-state index contributed by atoms with van der Waals surface area (Å²) >= 11 is 0. The number of carbonyl (C=O) groups is 1. The van der Waals surface area contributed by atoms with Crippen molar-refractivity contribution in [3.63, 3.8) is 0 Å². The van der Waals surface area contributed by atoms with Crippen molar-refractivity contribution >= 4 is 5.91 Å². The van der Waals surface area contributed by atoms with Gasteiger partial charge in [-0.3, -0.25) is 9.48 Å². The largest absolute Gasteiger partial charge is 0.352 e. The van der Waals surface area contributed by atoms with Crippen molar-refractivity contribution in [1.82, 2.24) is 35.3 Å². The SMILES string of the molecule is CCn1nnnc1-c1cccc(C(=O)NCCCn2cccn2)c1. The number of hydrogen-bond donors (Lipinski definition) is 1. The van der Waals surface area contributed by atoms with Gasteiger partial charge in [-0.25, -0.2) is 4.68 Å². The Morgan fingerprint density at radius 3 is 3.00 bits per heavy atom. The molecule has 0 atom stereocenters. The van der Waals surface area contributed by atoms with Crippen LogP contribution in [0.2, 0.25) is 0 Å². The fourth-order valence-corrected chi connectivity index (χ4v) is 2.40. The van der Waals surface area contributed by atoms with Gasteiger partial charge in [0.05, 0.1) is 0 Å². The second-order valence-electron chi connectivity index (χ2n) is 5.28. The number of tetrazole rings is 1. The van der Waals surface area contributed by atoms with Crippen LogP contribution < -0.4 is 5.32 Å². The Labute approximate surface area is 139 Å². The van der Waals surface area contributed by atoms with Crippen molar-refractivity contribution in [3.8, 4) is 11.4 Å². The van der Waals surface area contributed by atoms with Crippen LogP contribution in [-0.4, -0.2) is 42.4 Å². The van der Waals surface area contributed by atoms with Gasteiger partial charge in [-0.15, -0.1) is 5.10 Å². The molecule has 0 saturated heterocycles. The minimum absolute atomic E-state index is 0.104. The number of amides is 1. The molecule has 0 bridgehead atoms. The van der Waals surface area contributed by atoms with Gasteiger partial charge in [-0.1, -0.05) is 12.1 Å². The predicted molar refractivity (Wildman–Crippen MR) is 88.1 cm³/mol. The highest BCUT2D eigenvalue weighted by Crippen LogP contribution is 2.17. The average molecular weight is 325 g/mol. The monoisotopic (exact) mass is 325 g/mol. The first-order valence-corrected chi connectivity index (χ1v) is 7.90. The second kappa shape index (κ2) is 7.49. The summed E-state index contributed by atoms with van der Waals surface area (Å²) in [7, 11) is 0. The zero-order valence-electron chi connectivity index (χ0n) is 13.5. The smallest absolute Gasteiger partial charge is 0.251 e. The normalized spacial score (nSPS) is 10.7. The van der Waals surface area contributed by atoms with E-state index < -0.39 is 0 Å². The van der Waals surface area contributed by atoms with Gasteiger partial charge < -0.3 is 5.32 Å². The van der Waals surface area contributed by atoms with E-state index in [4.69, 9.17) is 0 Å². The zero-order valence-corrected chi connectivity index (χ0v) is 13.5. The summed E-state index contributed by atoms with van der Waals surface area (Å²) < 4.78 is 3.54. The molecule has 0 fully saturated rings. The molecule has 2 heterocycles. The third-order valence-corrected chi connectivity index (χ3v) is 3.62. The van der Waals surface area contributed by atoms with E-state index in [0.717, 1.165) is 18.5 Å². The lowest BCUT2D eigenvalue weighted by Crippen LogP contribution is -2.25. The van der Waals surface area contributed by atoms with E-state index in [9.17, 15) is 4.79 Å². The number of aromatic nitrogens is 6. The Morgan fingerprint density at radius 2 is 2.21 bits per heavy atom. The molecule has 3 rings (SSSR count). The van der Waals surface area contributed by atoms with Crippen molar-refractivity contribution in [2.45, 2.75) is 26.4 Å². The molecule has 1 aromatic carbocycles. The number of rotatable bonds is 7. The standard InChI is InChI=1S/C16H19N7O/c1-2-23-15(19-20-21-23)13-6-3-7-14(12-13)16(24)17-8-4-10-22-11-5-9-18-22/h3,5-7,9,11-12H,2,4,8,10H2,1H3,(H,17,24). The van der Waals surface area contributed by atoms with Crippen LogP contribution in [0.15, 0.2) is 42.7 Å². The molecule has 2 aromatic heterocycles. The molecular weight excluding hydrogens is 306 g/mol. The minimum atomic E-state index is -0.104. The van der Waals surface area contributed by atoms with Crippen molar-refractivity contribution in [2.24, 2.45) is 0 Å². The molecule has 0 unspecified atom stereocenters. The predicted octanol–water partition coefficient (Wildman–Crippen LogP) is 1.38. The maximum absolute atomic E-state index is 12.3. The molecular formula is C16H19N7O. The van der Waals surface area contributed by atoms with E-state index in [1.54, 1.807) is 23.0 Å². The van der Waals surface area contributed by atoms with Gasteiger partial charge in [0.1, 0.15) is 0 Å². The number of nitrogens with zero attached hydrogens (tertiary/aromatic N) is 6. The van der Waals surface area contributed by atoms with E-state index in [2.05, 4.69) is 25.9 Å². The lowest BCUT2D eigenvalue weighted by molar-refractivity contribution is 0.0952. The van der Waals surface area contributed by atoms with E-state index in [0.29, 0.717) is 24.5 Å². The Kier molecular flexibility index (Phi) is 4.95. The van der Waals surface area contributed by atoms with E-state index in [1.165, 1.54) is 0 Å². The van der Waals surface area contributed by atoms with Crippen molar-refractivity contribution < 1.29 is 4.79 Å². The molecule has 3 aromatic rings. The highest BCUT2D eigenvalue weighted by molar-refractivity contribution is 5.95. The Morgan fingerprint density at radius 1 is 1.29 bits per heavy atom. The third kappa shape index (κ3) is 3.65. The Bertz CT molecular complexity index is 794. The van der Waals surface area contributed by atoms with Crippen molar-refractivity contribution in [3.05, 3.63) is 48.3 Å². The van der Waals surface area contributed by atoms with Crippen LogP contribution in [0.5, 0.6) is 0 Å². The lowest BCUT2D eigenvalue weighted by Gasteiger charge is -2.07. The maximum Gasteiger partial charge on any atom is 0.251 e. The first-order valence-electron chi connectivity index (χ1n) is 7.90. The van der Waals surface area contributed by atoms with Crippen LogP contribution in [0.4, 0.5) is 0 Å². The maximum atomic E-state index is 12.3. The number of benzene rings is 1. The second-order valence-corrected chi connectivity index (χ2v) is 5.28. The first kappa shape index (κ1) is 15.9. The molecule has 0 aliphatic heterocycles. The molecule has 0 aliphatic carbocycles. The number of aryl methyl sites for hydroxylation is 2. The van der Waals surface area contributed by atoms with Crippen LogP contribution >= 0.6 is 0 Å². The number of carbonyl (C=O) groups excluding carboxylic acids is 1. The molecule has 0 saturated carbocycles. The Balaban J connectivity index is 1.60. The van der Waals surface area contributed by atoms with Crippen LogP contribution in [0, 0.1) is 0 Å². The molecule has 0 radical (unpaired) electrons. The summed E-state index contributed by atoms with van der Waals surface area (Å²) in [4.78, 5) is 12.3. The molecule has 8 nitrogen and oxygen atoms in total. The molecule has 0 aliphatic rings. The number of hydrogen-bond acceptors (Lipinski definition) is 5. The first-order chi connectivity index (χ1) is 11.8. The summed E-state index contributed by atoms with van der Waals surface area (Å²) in [6, 6.07) is 9.20. The summed E-state index contributed by atoms with van der Waals surface area (Å²) in [6.45, 7) is 4.01. The quantitative estimate of drug-likeness (QED) is 0.663. The van der Waals surface area contributed by atoms with E-state index in [-0.39, 0.29) is 5.91 Å². The highest BCUT2D eigenvalue weighted by atomic mass is 16.1. The molecule has 8 heteroatoms. The summed E-state index contributed by atoms with van der Waals surface area (Å²) in [5.41, 5.74) is 1.42. The third-order valence-electron chi connectivity index (χ3n) is 3.62. The van der Waals surface area contributed by atoms with Gasteiger partial charge in [0.2, 0.25) is 0 Å². The summed E-state index contributed by atoms with van der Waals surface area (Å²) in [5, 5.41) is 18.7. The van der Waals surface area contributed by atoms with Gasteiger partial charge in [0, 0.05) is 43.2 Å². The van der Waals surface area contributed by atoms with Crippen LogP contribution in [0.25, 0.3) is 11.4 Å². The molecule has 1 N–H and O–H groups in total. The lowest BCUT2D eigenvalue weighted by atomic mass is 10.1.